The molecular weight excluding hydrogens is 312 g/mol. The van der Waals surface area contributed by atoms with E-state index in [0.717, 1.165) is 25.1 Å². The smallest absolute Gasteiger partial charge is 0.257 e. The number of benzene rings is 2. The van der Waals surface area contributed by atoms with Gasteiger partial charge in [-0.15, -0.1) is 0 Å². The third kappa shape index (κ3) is 4.98. The predicted octanol–water partition coefficient (Wildman–Crippen LogP) is 3.40. The van der Waals surface area contributed by atoms with Crippen LogP contribution < -0.4 is 5.73 Å². The molecule has 0 fully saturated rings. The molecule has 0 atom stereocenters. The first-order valence-electron chi connectivity index (χ1n) is 8.60. The van der Waals surface area contributed by atoms with Crippen LogP contribution in [0.1, 0.15) is 23.4 Å². The van der Waals surface area contributed by atoms with Crippen LogP contribution in [0, 0.1) is 6.92 Å². The zero-order valence-electron chi connectivity index (χ0n) is 14.6. The number of hydrogen-bond donors (Lipinski definition) is 1. The Balaban J connectivity index is 1.71. The maximum Gasteiger partial charge on any atom is 0.257 e. The van der Waals surface area contributed by atoms with Crippen LogP contribution in [0.5, 0.6) is 0 Å². The lowest BCUT2D eigenvalue weighted by molar-refractivity contribution is 0.244. The van der Waals surface area contributed by atoms with Gasteiger partial charge in [-0.05, 0) is 37.6 Å². The molecule has 2 N–H and O–H groups in total. The minimum absolute atomic E-state index is 0.567. The van der Waals surface area contributed by atoms with Crippen molar-refractivity contribution in [3.8, 4) is 11.5 Å². The first-order chi connectivity index (χ1) is 12.2. The van der Waals surface area contributed by atoms with Crippen LogP contribution in [0.25, 0.3) is 11.5 Å². The third-order valence-corrected chi connectivity index (χ3v) is 4.03. The molecule has 0 spiro atoms. The number of aromatic nitrogens is 2. The molecule has 0 radical (unpaired) electrons. The topological polar surface area (TPSA) is 68.2 Å². The van der Waals surface area contributed by atoms with Gasteiger partial charge in [0.2, 0.25) is 0 Å². The van der Waals surface area contributed by atoms with E-state index in [1.54, 1.807) is 0 Å². The molecule has 0 amide bonds. The summed E-state index contributed by atoms with van der Waals surface area (Å²) in [5, 5.41) is 4.15. The average Bonchev–Trinajstić information content (AvgIpc) is 3.09. The van der Waals surface area contributed by atoms with Crippen molar-refractivity contribution in [2.45, 2.75) is 26.4 Å². The van der Waals surface area contributed by atoms with Crippen molar-refractivity contribution in [2.75, 3.05) is 13.1 Å². The van der Waals surface area contributed by atoms with Crippen molar-refractivity contribution in [1.29, 1.82) is 0 Å². The molecular formula is C20H24N4O. The highest BCUT2D eigenvalue weighted by Crippen LogP contribution is 2.19. The summed E-state index contributed by atoms with van der Waals surface area (Å²) in [5.74, 6) is 1.27. The summed E-state index contributed by atoms with van der Waals surface area (Å²) in [4.78, 5) is 6.86. The fraction of sp³-hybridized carbons (Fsp3) is 0.300. The van der Waals surface area contributed by atoms with Gasteiger partial charge < -0.3 is 10.3 Å². The minimum atomic E-state index is 0.567. The Bertz CT molecular complexity index is 785. The molecule has 0 bridgehead atoms. The van der Waals surface area contributed by atoms with Gasteiger partial charge in [0.15, 0.2) is 5.82 Å². The van der Waals surface area contributed by atoms with Crippen molar-refractivity contribution >= 4 is 0 Å². The second-order valence-electron chi connectivity index (χ2n) is 6.22. The van der Waals surface area contributed by atoms with E-state index in [4.69, 9.17) is 10.3 Å². The summed E-state index contributed by atoms with van der Waals surface area (Å²) in [5.41, 5.74) is 9.07. The van der Waals surface area contributed by atoms with Crippen LogP contribution >= 0.6 is 0 Å². The van der Waals surface area contributed by atoms with E-state index >= 15 is 0 Å². The van der Waals surface area contributed by atoms with E-state index < -0.39 is 0 Å². The van der Waals surface area contributed by atoms with E-state index in [2.05, 4.69) is 52.3 Å². The maximum atomic E-state index is 5.68. The minimum Gasteiger partial charge on any atom is -0.334 e. The molecule has 0 aliphatic rings. The Morgan fingerprint density at radius 1 is 1.04 bits per heavy atom. The highest BCUT2D eigenvalue weighted by atomic mass is 16.5. The Morgan fingerprint density at radius 2 is 1.88 bits per heavy atom. The Morgan fingerprint density at radius 3 is 2.64 bits per heavy atom. The fourth-order valence-electron chi connectivity index (χ4n) is 2.78. The molecule has 2 aromatic carbocycles. The zero-order chi connectivity index (χ0) is 17.5. The monoisotopic (exact) mass is 336 g/mol. The number of rotatable bonds is 8. The number of nitrogens with zero attached hydrogens (tertiary/aromatic N) is 3. The van der Waals surface area contributed by atoms with Crippen molar-refractivity contribution < 1.29 is 4.52 Å². The summed E-state index contributed by atoms with van der Waals surface area (Å²) in [7, 11) is 0. The van der Waals surface area contributed by atoms with Crippen LogP contribution in [-0.4, -0.2) is 28.1 Å². The van der Waals surface area contributed by atoms with Gasteiger partial charge in [-0.1, -0.05) is 53.2 Å². The second-order valence-corrected chi connectivity index (χ2v) is 6.22. The summed E-state index contributed by atoms with van der Waals surface area (Å²) in [6.45, 7) is 5.11. The van der Waals surface area contributed by atoms with Crippen LogP contribution in [0.3, 0.4) is 0 Å². The lowest BCUT2D eigenvalue weighted by Crippen LogP contribution is -2.26. The summed E-state index contributed by atoms with van der Waals surface area (Å²) in [6.07, 6.45) is 0.940. The largest absolute Gasteiger partial charge is 0.334 e. The number of nitrogens with two attached hydrogens (primary N) is 1. The average molecular weight is 336 g/mol. The first kappa shape index (κ1) is 17.3. The van der Waals surface area contributed by atoms with Gasteiger partial charge >= 0.3 is 0 Å². The van der Waals surface area contributed by atoms with E-state index in [-0.39, 0.29) is 0 Å². The number of aryl methyl sites for hydroxylation is 1. The van der Waals surface area contributed by atoms with Crippen LogP contribution in [0.15, 0.2) is 59.1 Å². The second kappa shape index (κ2) is 8.55. The maximum absolute atomic E-state index is 5.68. The molecule has 1 heterocycles. The lowest BCUT2D eigenvalue weighted by Gasteiger charge is -2.20. The SMILES string of the molecule is Cc1cccc(-c2nc(CN(CCCN)Cc3ccccc3)no2)c1. The van der Waals surface area contributed by atoms with Gasteiger partial charge in [-0.3, -0.25) is 4.90 Å². The van der Waals surface area contributed by atoms with E-state index in [1.165, 1.54) is 11.1 Å². The molecule has 130 valence electrons. The Hall–Kier alpha value is -2.50. The molecule has 3 rings (SSSR count). The van der Waals surface area contributed by atoms with Gasteiger partial charge in [-0.25, -0.2) is 0 Å². The van der Waals surface area contributed by atoms with Gasteiger partial charge in [0.1, 0.15) is 0 Å². The lowest BCUT2D eigenvalue weighted by atomic mass is 10.1. The molecule has 0 saturated carbocycles. The van der Waals surface area contributed by atoms with Crippen LogP contribution in [-0.2, 0) is 13.1 Å². The predicted molar refractivity (Wildman–Crippen MR) is 98.7 cm³/mol. The first-order valence-corrected chi connectivity index (χ1v) is 8.60. The van der Waals surface area contributed by atoms with E-state index in [0.29, 0.717) is 24.8 Å². The van der Waals surface area contributed by atoms with Crippen molar-refractivity contribution in [3.63, 3.8) is 0 Å². The molecule has 1 aromatic heterocycles. The zero-order valence-corrected chi connectivity index (χ0v) is 14.6. The molecule has 25 heavy (non-hydrogen) atoms. The van der Waals surface area contributed by atoms with Crippen molar-refractivity contribution in [2.24, 2.45) is 5.73 Å². The van der Waals surface area contributed by atoms with E-state index in [9.17, 15) is 0 Å². The standard InChI is InChI=1S/C20H24N4O/c1-16-7-5-10-18(13-16)20-22-19(23-25-20)15-24(12-6-11-21)14-17-8-3-2-4-9-17/h2-5,7-10,13H,6,11-12,14-15,21H2,1H3. The normalized spacial score (nSPS) is 11.2. The summed E-state index contributed by atoms with van der Waals surface area (Å²) >= 11 is 0. The molecule has 3 aromatic rings. The summed E-state index contributed by atoms with van der Waals surface area (Å²) < 4.78 is 5.45. The summed E-state index contributed by atoms with van der Waals surface area (Å²) in [6, 6.07) is 18.5. The highest BCUT2D eigenvalue weighted by Gasteiger charge is 2.13. The number of hydrogen-bond acceptors (Lipinski definition) is 5. The third-order valence-electron chi connectivity index (χ3n) is 4.03. The van der Waals surface area contributed by atoms with Crippen LogP contribution in [0.2, 0.25) is 0 Å². The Labute approximate surface area is 148 Å². The Kier molecular flexibility index (Phi) is 5.93. The van der Waals surface area contributed by atoms with Crippen LogP contribution in [0.4, 0.5) is 0 Å². The fourth-order valence-corrected chi connectivity index (χ4v) is 2.78. The van der Waals surface area contributed by atoms with Crippen molar-refractivity contribution in [1.82, 2.24) is 15.0 Å². The molecule has 5 nitrogen and oxygen atoms in total. The molecule has 5 heteroatoms. The van der Waals surface area contributed by atoms with Crippen molar-refractivity contribution in [3.05, 3.63) is 71.5 Å². The van der Waals surface area contributed by atoms with Gasteiger partial charge in [-0.2, -0.15) is 4.98 Å². The molecule has 0 saturated heterocycles. The molecule has 0 aliphatic heterocycles. The molecule has 0 unspecified atom stereocenters. The van der Waals surface area contributed by atoms with Gasteiger partial charge in [0.25, 0.3) is 5.89 Å². The highest BCUT2D eigenvalue weighted by molar-refractivity contribution is 5.53. The van der Waals surface area contributed by atoms with Gasteiger partial charge in [0.05, 0.1) is 6.54 Å². The van der Waals surface area contributed by atoms with E-state index in [1.807, 2.05) is 24.3 Å². The quantitative estimate of drug-likeness (QED) is 0.683. The van der Waals surface area contributed by atoms with Gasteiger partial charge in [0, 0.05) is 18.7 Å². The molecule has 0 aliphatic carbocycles.